The lowest BCUT2D eigenvalue weighted by Crippen LogP contribution is -2.29. The summed E-state index contributed by atoms with van der Waals surface area (Å²) < 4.78 is 5.66. The maximum absolute atomic E-state index is 11.2. The van der Waals surface area contributed by atoms with E-state index < -0.39 is 0 Å². The third-order valence-electron chi connectivity index (χ3n) is 4.14. The lowest BCUT2D eigenvalue weighted by atomic mass is 9.79. The Morgan fingerprint density at radius 2 is 1.95 bits per heavy atom. The van der Waals surface area contributed by atoms with E-state index in [1.54, 1.807) is 14.0 Å². The van der Waals surface area contributed by atoms with Gasteiger partial charge in [0.25, 0.3) is 0 Å². The summed E-state index contributed by atoms with van der Waals surface area (Å²) in [5.74, 6) is 0.326. The fourth-order valence-electron chi connectivity index (χ4n) is 3.20. The molecule has 2 unspecified atom stereocenters. The van der Waals surface area contributed by atoms with Crippen LogP contribution in [0.4, 0.5) is 0 Å². The Bertz CT molecular complexity index is 645. The number of benzene rings is 2. The van der Waals surface area contributed by atoms with E-state index in [4.69, 9.17) is 4.74 Å². The van der Waals surface area contributed by atoms with Gasteiger partial charge in [-0.1, -0.05) is 36.4 Å². The van der Waals surface area contributed by atoms with E-state index in [9.17, 15) is 4.79 Å². The van der Waals surface area contributed by atoms with Gasteiger partial charge < -0.3 is 10.1 Å². The van der Waals surface area contributed by atoms with Crippen LogP contribution < -0.4 is 5.32 Å². The van der Waals surface area contributed by atoms with Crippen molar-refractivity contribution in [1.82, 2.24) is 5.32 Å². The molecule has 3 heteroatoms. The minimum absolute atomic E-state index is 0.0185. The molecule has 3 rings (SSSR count). The van der Waals surface area contributed by atoms with Crippen LogP contribution in [-0.4, -0.2) is 19.6 Å². The normalized spacial score (nSPS) is 20.9. The van der Waals surface area contributed by atoms with E-state index in [-0.39, 0.29) is 12.0 Å². The summed E-state index contributed by atoms with van der Waals surface area (Å²) in [7, 11) is 1.76. The molecule has 0 saturated carbocycles. The summed E-state index contributed by atoms with van der Waals surface area (Å²) in [6.07, 6.45) is 1.01. The van der Waals surface area contributed by atoms with Gasteiger partial charge in [0.15, 0.2) is 0 Å². The van der Waals surface area contributed by atoms with Crippen molar-refractivity contribution in [3.8, 4) is 0 Å². The van der Waals surface area contributed by atoms with Crippen molar-refractivity contribution in [2.24, 2.45) is 0 Å². The molecule has 3 nitrogen and oxygen atoms in total. The van der Waals surface area contributed by atoms with Gasteiger partial charge in [0, 0.05) is 26.5 Å². The summed E-state index contributed by atoms with van der Waals surface area (Å²) in [6, 6.07) is 12.8. The first-order valence-electron chi connectivity index (χ1n) is 6.99. The Labute approximate surface area is 118 Å². The third-order valence-corrected chi connectivity index (χ3v) is 4.14. The van der Waals surface area contributed by atoms with Crippen LogP contribution in [0.1, 0.15) is 36.5 Å². The maximum Gasteiger partial charge on any atom is 0.216 e. The summed E-state index contributed by atoms with van der Waals surface area (Å²) in [5.41, 5.74) is 2.58. The summed E-state index contributed by atoms with van der Waals surface area (Å²) >= 11 is 0. The molecule has 2 aromatic rings. The fourth-order valence-corrected chi connectivity index (χ4v) is 3.20. The molecule has 2 atom stereocenters. The van der Waals surface area contributed by atoms with Crippen LogP contribution in [0.3, 0.4) is 0 Å². The van der Waals surface area contributed by atoms with Gasteiger partial charge in [-0.3, -0.25) is 4.79 Å². The SMILES string of the molecule is COC1CC(CNC(C)=O)c2cccc3cccc1c23. The lowest BCUT2D eigenvalue weighted by molar-refractivity contribution is -0.119. The molecule has 0 saturated heterocycles. The van der Waals surface area contributed by atoms with Crippen LogP contribution in [0.15, 0.2) is 36.4 Å². The average Bonchev–Trinajstić information content (AvgIpc) is 2.47. The Morgan fingerprint density at radius 3 is 2.60 bits per heavy atom. The van der Waals surface area contributed by atoms with Crippen LogP contribution in [0.2, 0.25) is 0 Å². The Kier molecular flexibility index (Phi) is 3.45. The zero-order valence-electron chi connectivity index (χ0n) is 11.8. The van der Waals surface area contributed by atoms with Gasteiger partial charge in [0.05, 0.1) is 6.10 Å². The van der Waals surface area contributed by atoms with Crippen LogP contribution >= 0.6 is 0 Å². The second-order valence-corrected chi connectivity index (χ2v) is 5.39. The quantitative estimate of drug-likeness (QED) is 0.929. The maximum atomic E-state index is 11.2. The van der Waals surface area contributed by atoms with E-state index in [2.05, 4.69) is 41.7 Å². The Morgan fingerprint density at radius 1 is 1.25 bits per heavy atom. The predicted molar refractivity (Wildman–Crippen MR) is 79.7 cm³/mol. The highest BCUT2D eigenvalue weighted by Gasteiger charge is 2.28. The zero-order chi connectivity index (χ0) is 14.1. The van der Waals surface area contributed by atoms with Gasteiger partial charge in [0.2, 0.25) is 5.91 Å². The summed E-state index contributed by atoms with van der Waals surface area (Å²) in [5, 5.41) is 5.48. The van der Waals surface area contributed by atoms with E-state index in [0.717, 1.165) is 6.42 Å². The molecular weight excluding hydrogens is 250 g/mol. The monoisotopic (exact) mass is 269 g/mol. The highest BCUT2D eigenvalue weighted by Crippen LogP contribution is 2.42. The smallest absolute Gasteiger partial charge is 0.216 e. The highest BCUT2D eigenvalue weighted by molar-refractivity contribution is 5.90. The number of methoxy groups -OCH3 is 1. The molecule has 1 aliphatic carbocycles. The van der Waals surface area contributed by atoms with Gasteiger partial charge in [-0.2, -0.15) is 0 Å². The Hall–Kier alpha value is -1.87. The first-order valence-corrected chi connectivity index (χ1v) is 6.99. The number of carbonyl (C=O) groups excluding carboxylic acids is 1. The molecule has 1 N–H and O–H groups in total. The average molecular weight is 269 g/mol. The molecule has 1 aliphatic rings. The molecule has 20 heavy (non-hydrogen) atoms. The molecule has 1 amide bonds. The van der Waals surface area contributed by atoms with Crippen LogP contribution in [-0.2, 0) is 9.53 Å². The topological polar surface area (TPSA) is 38.3 Å². The van der Waals surface area contributed by atoms with E-state index in [0.29, 0.717) is 12.5 Å². The molecule has 0 aromatic heterocycles. The van der Waals surface area contributed by atoms with Crippen molar-refractivity contribution in [3.05, 3.63) is 47.5 Å². The number of rotatable bonds is 3. The molecule has 0 bridgehead atoms. The van der Waals surface area contributed by atoms with Crippen molar-refractivity contribution in [2.45, 2.75) is 25.4 Å². The minimum atomic E-state index is 0.0185. The first kappa shape index (κ1) is 13.1. The largest absolute Gasteiger partial charge is 0.377 e. The third kappa shape index (κ3) is 2.18. The standard InChI is InChI=1S/C17H19NO2/c1-11(19)18-10-13-9-16(20-2)15-8-4-6-12-5-3-7-14(13)17(12)15/h3-8,13,16H,9-10H2,1-2H3,(H,18,19). The highest BCUT2D eigenvalue weighted by atomic mass is 16.5. The van der Waals surface area contributed by atoms with Gasteiger partial charge >= 0.3 is 0 Å². The van der Waals surface area contributed by atoms with Crippen molar-refractivity contribution < 1.29 is 9.53 Å². The van der Waals surface area contributed by atoms with Gasteiger partial charge in [0.1, 0.15) is 0 Å². The van der Waals surface area contributed by atoms with Crippen LogP contribution in [0.25, 0.3) is 10.8 Å². The second kappa shape index (κ2) is 5.25. The van der Waals surface area contributed by atoms with Crippen LogP contribution in [0.5, 0.6) is 0 Å². The van der Waals surface area contributed by atoms with Crippen molar-refractivity contribution >= 4 is 16.7 Å². The number of carbonyl (C=O) groups is 1. The van der Waals surface area contributed by atoms with Crippen molar-refractivity contribution in [3.63, 3.8) is 0 Å². The van der Waals surface area contributed by atoms with E-state index in [1.165, 1.54) is 21.9 Å². The van der Waals surface area contributed by atoms with Crippen LogP contribution in [0, 0.1) is 0 Å². The lowest BCUT2D eigenvalue weighted by Gasteiger charge is -2.31. The fraction of sp³-hybridized carbons (Fsp3) is 0.353. The van der Waals surface area contributed by atoms with Gasteiger partial charge in [-0.25, -0.2) is 0 Å². The van der Waals surface area contributed by atoms with E-state index >= 15 is 0 Å². The molecule has 0 aliphatic heterocycles. The number of amides is 1. The van der Waals surface area contributed by atoms with Gasteiger partial charge in [-0.15, -0.1) is 0 Å². The van der Waals surface area contributed by atoms with Crippen molar-refractivity contribution in [1.29, 1.82) is 0 Å². The Balaban J connectivity index is 2.10. The molecule has 0 heterocycles. The summed E-state index contributed by atoms with van der Waals surface area (Å²) in [4.78, 5) is 11.2. The molecule has 104 valence electrons. The van der Waals surface area contributed by atoms with Crippen molar-refractivity contribution in [2.75, 3.05) is 13.7 Å². The molecule has 0 radical (unpaired) electrons. The second-order valence-electron chi connectivity index (χ2n) is 5.39. The molecule has 0 spiro atoms. The van der Waals surface area contributed by atoms with E-state index in [1.807, 2.05) is 0 Å². The predicted octanol–water partition coefficient (Wildman–Crippen LogP) is 3.15. The first-order chi connectivity index (χ1) is 9.70. The molecule has 0 fully saturated rings. The summed E-state index contributed by atoms with van der Waals surface area (Å²) in [6.45, 7) is 2.23. The molecule has 2 aromatic carbocycles. The number of ether oxygens (including phenoxy) is 1. The number of hydrogen-bond acceptors (Lipinski definition) is 2. The van der Waals surface area contributed by atoms with Gasteiger partial charge in [-0.05, 0) is 28.3 Å². The zero-order valence-corrected chi connectivity index (χ0v) is 11.8. The molecular formula is C17H19NO2. The minimum Gasteiger partial charge on any atom is -0.377 e. The number of nitrogens with one attached hydrogen (secondary N) is 1. The number of hydrogen-bond donors (Lipinski definition) is 1.